The van der Waals surface area contributed by atoms with Crippen LogP contribution in [0.15, 0.2) is 9.59 Å². The molecule has 0 unspecified atom stereocenters. The molecule has 0 aliphatic rings. The van der Waals surface area contributed by atoms with Crippen molar-refractivity contribution in [1.82, 2.24) is 0 Å². The second kappa shape index (κ2) is 4.54. The van der Waals surface area contributed by atoms with Crippen LogP contribution in [0, 0.1) is 0 Å². The van der Waals surface area contributed by atoms with Crippen molar-refractivity contribution < 1.29 is 0 Å². The van der Waals surface area contributed by atoms with Gasteiger partial charge in [-0.15, -0.1) is 0 Å². The van der Waals surface area contributed by atoms with E-state index in [4.69, 9.17) is 5.73 Å². The molecule has 0 aromatic heterocycles. The first kappa shape index (κ1) is 10.7. The highest BCUT2D eigenvalue weighted by Crippen LogP contribution is 2.07. The number of nitrogen functional groups attached to an aromatic ring is 1. The molecule has 0 saturated carbocycles. The number of rotatable bonds is 2. The summed E-state index contributed by atoms with van der Waals surface area (Å²) in [5.41, 5.74) is 4.45. The lowest BCUT2D eigenvalue weighted by Gasteiger charge is -2.05. The van der Waals surface area contributed by atoms with Gasteiger partial charge in [0.25, 0.3) is 10.9 Å². The standard InChI is InChI=1S/C6H8N2O2.C2H6/c1-2-8-4-3(7)5(9)6(4)10;1-2/h8H,2,7H2,1H3;1-2H3. The molecule has 0 bridgehead atoms. The molecule has 68 valence electrons. The zero-order valence-corrected chi connectivity index (χ0v) is 7.60. The van der Waals surface area contributed by atoms with Crippen LogP contribution in [0.3, 0.4) is 0 Å². The molecular formula is C8H14N2O2. The number of hydrogen-bond acceptors (Lipinski definition) is 4. The summed E-state index contributed by atoms with van der Waals surface area (Å²) in [5.74, 6) is 0. The Hall–Kier alpha value is -1.32. The van der Waals surface area contributed by atoms with E-state index in [1.165, 1.54) is 0 Å². The van der Waals surface area contributed by atoms with Crippen LogP contribution in [0.25, 0.3) is 0 Å². The Bertz CT molecular complexity index is 311. The highest BCUT2D eigenvalue weighted by Gasteiger charge is 2.15. The Kier molecular flexibility index (Phi) is 4.04. The van der Waals surface area contributed by atoms with Gasteiger partial charge in [-0.3, -0.25) is 9.59 Å². The van der Waals surface area contributed by atoms with Crippen LogP contribution in [0.2, 0.25) is 0 Å². The molecule has 1 aromatic carbocycles. The normalized spacial score (nSPS) is 8.92. The summed E-state index contributed by atoms with van der Waals surface area (Å²) in [5, 5.41) is 2.70. The lowest BCUT2D eigenvalue weighted by Crippen LogP contribution is -2.36. The maximum atomic E-state index is 10.6. The second-order valence-electron chi connectivity index (χ2n) is 1.98. The number of anilines is 2. The van der Waals surface area contributed by atoms with Gasteiger partial charge in [-0.1, -0.05) is 13.8 Å². The van der Waals surface area contributed by atoms with Gasteiger partial charge in [-0.25, -0.2) is 0 Å². The Morgan fingerprint density at radius 2 is 1.75 bits per heavy atom. The third kappa shape index (κ3) is 1.64. The van der Waals surface area contributed by atoms with E-state index in [-0.39, 0.29) is 11.4 Å². The summed E-state index contributed by atoms with van der Waals surface area (Å²) in [4.78, 5) is 21.1. The minimum absolute atomic E-state index is 0.0619. The van der Waals surface area contributed by atoms with Crippen LogP contribution in [-0.4, -0.2) is 6.54 Å². The largest absolute Gasteiger partial charge is 0.394 e. The zero-order chi connectivity index (χ0) is 9.72. The summed E-state index contributed by atoms with van der Waals surface area (Å²) in [7, 11) is 0. The molecule has 0 fully saturated rings. The Morgan fingerprint density at radius 3 is 2.08 bits per heavy atom. The van der Waals surface area contributed by atoms with E-state index < -0.39 is 10.9 Å². The molecule has 4 nitrogen and oxygen atoms in total. The number of nitrogens with two attached hydrogens (primary N) is 1. The predicted molar refractivity (Wildman–Crippen MR) is 51.3 cm³/mol. The minimum atomic E-state index is -0.573. The average Bonchev–Trinajstić information content (AvgIpc) is 2.15. The fourth-order valence-corrected chi connectivity index (χ4v) is 0.761. The van der Waals surface area contributed by atoms with Gasteiger partial charge in [-0.05, 0) is 6.92 Å². The van der Waals surface area contributed by atoms with E-state index in [0.717, 1.165) is 0 Å². The monoisotopic (exact) mass is 170 g/mol. The molecule has 4 heteroatoms. The SMILES string of the molecule is CC.CCNc1c(N)c(=O)c1=O. The third-order valence-corrected chi connectivity index (χ3v) is 1.30. The summed E-state index contributed by atoms with van der Waals surface area (Å²) >= 11 is 0. The van der Waals surface area contributed by atoms with Crippen LogP contribution in [0.5, 0.6) is 0 Å². The highest BCUT2D eigenvalue weighted by atomic mass is 16.2. The lowest BCUT2D eigenvalue weighted by atomic mass is 10.2. The van der Waals surface area contributed by atoms with Gasteiger partial charge < -0.3 is 11.1 Å². The summed E-state index contributed by atoms with van der Waals surface area (Å²) < 4.78 is 0. The fourth-order valence-electron chi connectivity index (χ4n) is 0.761. The van der Waals surface area contributed by atoms with Crippen LogP contribution < -0.4 is 21.9 Å². The molecule has 0 saturated heterocycles. The van der Waals surface area contributed by atoms with Crippen LogP contribution in [-0.2, 0) is 0 Å². The van der Waals surface area contributed by atoms with Gasteiger partial charge in [0.15, 0.2) is 0 Å². The number of nitrogens with one attached hydrogen (secondary N) is 1. The zero-order valence-electron chi connectivity index (χ0n) is 7.60. The van der Waals surface area contributed by atoms with Gasteiger partial charge >= 0.3 is 0 Å². The summed E-state index contributed by atoms with van der Waals surface area (Å²) in [6, 6.07) is 0. The maximum Gasteiger partial charge on any atom is 0.253 e. The lowest BCUT2D eigenvalue weighted by molar-refractivity contribution is 1.19. The van der Waals surface area contributed by atoms with Crippen LogP contribution >= 0.6 is 0 Å². The first-order chi connectivity index (χ1) is 5.68. The average molecular weight is 170 g/mol. The van der Waals surface area contributed by atoms with Crippen molar-refractivity contribution in [2.75, 3.05) is 17.6 Å². The molecule has 0 radical (unpaired) electrons. The Labute approximate surface area is 71.1 Å². The summed E-state index contributed by atoms with van der Waals surface area (Å²) in [6.07, 6.45) is 0. The molecule has 0 aliphatic heterocycles. The minimum Gasteiger partial charge on any atom is -0.394 e. The topological polar surface area (TPSA) is 72.2 Å². The van der Waals surface area contributed by atoms with E-state index in [2.05, 4.69) is 5.32 Å². The summed E-state index contributed by atoms with van der Waals surface area (Å²) in [6.45, 7) is 6.44. The first-order valence-electron chi connectivity index (χ1n) is 4.01. The third-order valence-electron chi connectivity index (χ3n) is 1.30. The van der Waals surface area contributed by atoms with E-state index in [1.807, 2.05) is 20.8 Å². The van der Waals surface area contributed by atoms with E-state index in [9.17, 15) is 9.59 Å². The van der Waals surface area contributed by atoms with Gasteiger partial charge in [0, 0.05) is 6.54 Å². The molecule has 3 N–H and O–H groups in total. The van der Waals surface area contributed by atoms with E-state index >= 15 is 0 Å². The molecule has 0 aliphatic carbocycles. The molecule has 0 atom stereocenters. The van der Waals surface area contributed by atoms with Crippen molar-refractivity contribution >= 4 is 11.4 Å². The first-order valence-corrected chi connectivity index (χ1v) is 4.01. The smallest absolute Gasteiger partial charge is 0.253 e. The van der Waals surface area contributed by atoms with Crippen LogP contribution in [0.4, 0.5) is 11.4 Å². The van der Waals surface area contributed by atoms with Gasteiger partial charge in [0.2, 0.25) is 0 Å². The molecule has 1 aromatic rings. The predicted octanol–water partition coefficient (Wildman–Crippen LogP) is 0.323. The van der Waals surface area contributed by atoms with Crippen molar-refractivity contribution in [3.05, 3.63) is 20.4 Å². The molecule has 0 amide bonds. The number of hydrogen-bond donors (Lipinski definition) is 2. The van der Waals surface area contributed by atoms with Crippen molar-refractivity contribution in [2.24, 2.45) is 0 Å². The van der Waals surface area contributed by atoms with Crippen molar-refractivity contribution in [2.45, 2.75) is 20.8 Å². The van der Waals surface area contributed by atoms with E-state index in [0.29, 0.717) is 6.54 Å². The molecule has 12 heavy (non-hydrogen) atoms. The van der Waals surface area contributed by atoms with Gasteiger partial charge in [-0.2, -0.15) is 0 Å². The van der Waals surface area contributed by atoms with Crippen molar-refractivity contribution in [3.63, 3.8) is 0 Å². The quantitative estimate of drug-likeness (QED) is 0.627. The van der Waals surface area contributed by atoms with Crippen LogP contribution in [0.1, 0.15) is 20.8 Å². The Morgan fingerprint density at radius 1 is 1.25 bits per heavy atom. The molecule has 0 spiro atoms. The fraction of sp³-hybridized carbons (Fsp3) is 0.500. The van der Waals surface area contributed by atoms with Gasteiger partial charge in [0.05, 0.1) is 0 Å². The second-order valence-corrected chi connectivity index (χ2v) is 1.98. The molecular weight excluding hydrogens is 156 g/mol. The van der Waals surface area contributed by atoms with Gasteiger partial charge in [0.1, 0.15) is 11.4 Å². The maximum absolute atomic E-state index is 10.6. The molecule has 0 heterocycles. The van der Waals surface area contributed by atoms with Crippen molar-refractivity contribution in [1.29, 1.82) is 0 Å². The molecule has 1 rings (SSSR count). The Balaban J connectivity index is 0.000000561. The van der Waals surface area contributed by atoms with E-state index in [1.54, 1.807) is 0 Å². The van der Waals surface area contributed by atoms with Crippen molar-refractivity contribution in [3.8, 4) is 0 Å². The highest BCUT2D eigenvalue weighted by molar-refractivity contribution is 5.71.